The lowest BCUT2D eigenvalue weighted by Gasteiger charge is -2.26. The third-order valence-corrected chi connectivity index (χ3v) is 3.22. The van der Waals surface area contributed by atoms with Crippen molar-refractivity contribution in [2.75, 3.05) is 19.6 Å². The molecule has 4 nitrogen and oxygen atoms in total. The van der Waals surface area contributed by atoms with Gasteiger partial charge >= 0.3 is 0 Å². The highest BCUT2D eigenvalue weighted by Crippen LogP contribution is 2.26. The standard InChI is InChI=1S/C13H24N2O2/c1-2-9-14-10-12(16)15-11-13(17)7-5-3-4-6-8-13/h2,14,17H,1,3-11H2,(H,15,16). The minimum Gasteiger partial charge on any atom is -0.388 e. The Morgan fingerprint density at radius 3 is 2.53 bits per heavy atom. The summed E-state index contributed by atoms with van der Waals surface area (Å²) in [5.41, 5.74) is -0.690. The number of carbonyl (C=O) groups is 1. The lowest BCUT2D eigenvalue weighted by molar-refractivity contribution is -0.121. The van der Waals surface area contributed by atoms with Gasteiger partial charge in [-0.15, -0.1) is 6.58 Å². The van der Waals surface area contributed by atoms with Crippen LogP contribution in [0.15, 0.2) is 12.7 Å². The fraction of sp³-hybridized carbons (Fsp3) is 0.769. The molecule has 17 heavy (non-hydrogen) atoms. The molecule has 3 N–H and O–H groups in total. The first-order valence-corrected chi connectivity index (χ1v) is 6.47. The average Bonchev–Trinajstić information content (AvgIpc) is 2.53. The number of nitrogens with one attached hydrogen (secondary N) is 2. The summed E-state index contributed by atoms with van der Waals surface area (Å²) in [6.45, 7) is 4.84. The second-order valence-corrected chi connectivity index (χ2v) is 4.83. The first-order valence-electron chi connectivity index (χ1n) is 6.47. The fourth-order valence-corrected chi connectivity index (χ4v) is 2.18. The minimum atomic E-state index is -0.690. The van der Waals surface area contributed by atoms with Crippen LogP contribution in [-0.4, -0.2) is 36.2 Å². The molecule has 0 spiro atoms. The number of hydrogen-bond donors (Lipinski definition) is 3. The predicted octanol–water partition coefficient (Wildman–Crippen LogP) is 0.963. The molecule has 0 aromatic heterocycles. The van der Waals surface area contributed by atoms with Gasteiger partial charge in [-0.25, -0.2) is 0 Å². The molecule has 0 atom stereocenters. The molecule has 0 heterocycles. The van der Waals surface area contributed by atoms with E-state index >= 15 is 0 Å². The lowest BCUT2D eigenvalue weighted by atomic mass is 9.94. The molecule has 4 heteroatoms. The second-order valence-electron chi connectivity index (χ2n) is 4.83. The maximum Gasteiger partial charge on any atom is 0.234 e. The van der Waals surface area contributed by atoms with E-state index in [1.807, 2.05) is 0 Å². The predicted molar refractivity (Wildman–Crippen MR) is 68.7 cm³/mol. The maximum absolute atomic E-state index is 11.5. The van der Waals surface area contributed by atoms with Crippen molar-refractivity contribution in [2.45, 2.75) is 44.1 Å². The normalized spacial score (nSPS) is 19.4. The van der Waals surface area contributed by atoms with Gasteiger partial charge in [0.25, 0.3) is 0 Å². The van der Waals surface area contributed by atoms with Crippen LogP contribution in [-0.2, 0) is 4.79 Å². The lowest BCUT2D eigenvalue weighted by Crippen LogP contribution is -2.45. The number of aliphatic hydroxyl groups is 1. The summed E-state index contributed by atoms with van der Waals surface area (Å²) in [4.78, 5) is 11.5. The maximum atomic E-state index is 11.5. The summed E-state index contributed by atoms with van der Waals surface area (Å²) < 4.78 is 0. The smallest absolute Gasteiger partial charge is 0.234 e. The van der Waals surface area contributed by atoms with Gasteiger partial charge in [-0.1, -0.05) is 31.8 Å². The third-order valence-electron chi connectivity index (χ3n) is 3.22. The molecule has 1 aliphatic carbocycles. The summed E-state index contributed by atoms with van der Waals surface area (Å²) in [5.74, 6) is -0.0653. The van der Waals surface area contributed by atoms with E-state index in [1.165, 1.54) is 12.8 Å². The average molecular weight is 240 g/mol. The fourth-order valence-electron chi connectivity index (χ4n) is 2.18. The molecule has 1 aliphatic rings. The van der Waals surface area contributed by atoms with Crippen LogP contribution >= 0.6 is 0 Å². The Balaban J connectivity index is 2.22. The van der Waals surface area contributed by atoms with Crippen molar-refractivity contribution in [3.63, 3.8) is 0 Å². The Morgan fingerprint density at radius 2 is 1.94 bits per heavy atom. The van der Waals surface area contributed by atoms with Crippen LogP contribution in [0.4, 0.5) is 0 Å². The number of rotatable bonds is 6. The van der Waals surface area contributed by atoms with Gasteiger partial charge in [0.15, 0.2) is 0 Å². The third kappa shape index (κ3) is 5.84. The van der Waals surface area contributed by atoms with Gasteiger partial charge in [0.05, 0.1) is 12.1 Å². The van der Waals surface area contributed by atoms with Gasteiger partial charge in [-0.05, 0) is 12.8 Å². The van der Waals surface area contributed by atoms with Crippen molar-refractivity contribution in [3.05, 3.63) is 12.7 Å². The Labute approximate surface area is 103 Å². The van der Waals surface area contributed by atoms with E-state index in [1.54, 1.807) is 6.08 Å². The molecule has 0 radical (unpaired) electrons. The monoisotopic (exact) mass is 240 g/mol. The van der Waals surface area contributed by atoms with Gasteiger partial charge in [0.1, 0.15) is 0 Å². The summed E-state index contributed by atoms with van der Waals surface area (Å²) in [6, 6.07) is 0. The summed E-state index contributed by atoms with van der Waals surface area (Å²) >= 11 is 0. The quantitative estimate of drug-likeness (QED) is 0.368. The van der Waals surface area contributed by atoms with Crippen molar-refractivity contribution in [1.82, 2.24) is 10.6 Å². The topological polar surface area (TPSA) is 61.4 Å². The largest absolute Gasteiger partial charge is 0.388 e. The first-order chi connectivity index (χ1) is 8.16. The van der Waals surface area contributed by atoms with Crippen molar-refractivity contribution >= 4 is 5.91 Å². The van der Waals surface area contributed by atoms with Crippen LogP contribution in [0.5, 0.6) is 0 Å². The molecule has 1 fully saturated rings. The van der Waals surface area contributed by atoms with Gasteiger partial charge in [-0.3, -0.25) is 4.79 Å². The van der Waals surface area contributed by atoms with Gasteiger partial charge in [0.2, 0.25) is 5.91 Å². The van der Waals surface area contributed by atoms with E-state index < -0.39 is 5.60 Å². The van der Waals surface area contributed by atoms with E-state index in [9.17, 15) is 9.90 Å². The van der Waals surface area contributed by atoms with Crippen LogP contribution in [0.25, 0.3) is 0 Å². The van der Waals surface area contributed by atoms with Gasteiger partial charge in [-0.2, -0.15) is 0 Å². The Morgan fingerprint density at radius 1 is 1.29 bits per heavy atom. The molecule has 0 aliphatic heterocycles. The molecule has 1 amide bonds. The number of carbonyl (C=O) groups excluding carboxylic acids is 1. The summed E-state index contributed by atoms with van der Waals surface area (Å²) in [6.07, 6.45) is 7.81. The van der Waals surface area contributed by atoms with Crippen LogP contribution in [0.3, 0.4) is 0 Å². The van der Waals surface area contributed by atoms with Crippen LogP contribution in [0.1, 0.15) is 38.5 Å². The van der Waals surface area contributed by atoms with Crippen molar-refractivity contribution in [1.29, 1.82) is 0 Å². The molecule has 0 bridgehead atoms. The molecule has 1 saturated carbocycles. The molecular weight excluding hydrogens is 216 g/mol. The van der Waals surface area contributed by atoms with E-state index in [4.69, 9.17) is 0 Å². The highest BCUT2D eigenvalue weighted by Gasteiger charge is 2.28. The molecule has 98 valence electrons. The minimum absolute atomic E-state index is 0.0653. The van der Waals surface area contributed by atoms with Crippen LogP contribution in [0, 0.1) is 0 Å². The Bertz CT molecular complexity index is 246. The Kier molecular flexibility index (Phi) is 6.22. The first kappa shape index (κ1) is 14.2. The molecule has 0 aromatic carbocycles. The zero-order chi connectivity index (χ0) is 12.6. The molecule has 0 aromatic rings. The zero-order valence-electron chi connectivity index (χ0n) is 10.5. The van der Waals surface area contributed by atoms with Crippen molar-refractivity contribution in [3.8, 4) is 0 Å². The number of hydrogen-bond acceptors (Lipinski definition) is 3. The van der Waals surface area contributed by atoms with Crippen molar-refractivity contribution in [2.24, 2.45) is 0 Å². The van der Waals surface area contributed by atoms with Crippen molar-refractivity contribution < 1.29 is 9.90 Å². The van der Waals surface area contributed by atoms with E-state index in [0.717, 1.165) is 25.7 Å². The van der Waals surface area contributed by atoms with Crippen LogP contribution in [0.2, 0.25) is 0 Å². The van der Waals surface area contributed by atoms with Gasteiger partial charge in [0, 0.05) is 13.1 Å². The summed E-state index contributed by atoms with van der Waals surface area (Å²) in [5, 5.41) is 16.0. The number of amides is 1. The summed E-state index contributed by atoms with van der Waals surface area (Å²) in [7, 11) is 0. The highest BCUT2D eigenvalue weighted by atomic mass is 16.3. The van der Waals surface area contributed by atoms with Crippen LogP contribution < -0.4 is 10.6 Å². The second kappa shape index (κ2) is 7.45. The molecule has 1 rings (SSSR count). The molecular formula is C13H24N2O2. The van der Waals surface area contributed by atoms with E-state index in [2.05, 4.69) is 17.2 Å². The van der Waals surface area contributed by atoms with E-state index in [-0.39, 0.29) is 12.5 Å². The Hall–Kier alpha value is -0.870. The molecule has 0 unspecified atom stereocenters. The zero-order valence-corrected chi connectivity index (χ0v) is 10.5. The van der Waals surface area contributed by atoms with Gasteiger partial charge < -0.3 is 15.7 Å². The van der Waals surface area contributed by atoms with E-state index in [0.29, 0.717) is 13.1 Å². The SMILES string of the molecule is C=CCNCC(=O)NCC1(O)CCCCCC1. The molecule has 0 saturated heterocycles. The highest BCUT2D eigenvalue weighted by molar-refractivity contribution is 5.78.